The van der Waals surface area contributed by atoms with Crippen molar-refractivity contribution in [2.24, 2.45) is 11.8 Å². The summed E-state index contributed by atoms with van der Waals surface area (Å²) in [6.45, 7) is 4.48. The number of hydrogen-bond acceptors (Lipinski definition) is 3. The van der Waals surface area contributed by atoms with Crippen LogP contribution in [0, 0.1) is 18.8 Å². The summed E-state index contributed by atoms with van der Waals surface area (Å²) in [5, 5.41) is 8.84. The zero-order chi connectivity index (χ0) is 12.6. The molecule has 1 aliphatic rings. The lowest BCUT2D eigenvalue weighted by Gasteiger charge is -2.41. The molecule has 1 aromatic heterocycles. The smallest absolute Gasteiger partial charge is 0.306 e. The molecule has 1 aromatic rings. The van der Waals surface area contributed by atoms with Crippen LogP contribution in [0.1, 0.15) is 23.0 Å². The highest BCUT2D eigenvalue weighted by atomic mass is 16.4. The highest BCUT2D eigenvalue weighted by Gasteiger charge is 2.37. The largest absolute Gasteiger partial charge is 0.481 e. The Bertz CT molecular complexity index is 445. The molecule has 2 rings (SSSR count). The quantitative estimate of drug-likeness (QED) is 0.862. The molecular formula is C12H15NO4. The Morgan fingerprint density at radius 3 is 2.65 bits per heavy atom. The lowest BCUT2D eigenvalue weighted by atomic mass is 9.87. The van der Waals surface area contributed by atoms with E-state index in [-0.39, 0.29) is 11.8 Å². The van der Waals surface area contributed by atoms with Gasteiger partial charge in [-0.1, -0.05) is 6.92 Å². The van der Waals surface area contributed by atoms with Gasteiger partial charge in [0.15, 0.2) is 0 Å². The van der Waals surface area contributed by atoms with Crippen LogP contribution >= 0.6 is 0 Å². The highest BCUT2D eigenvalue weighted by molar-refractivity contribution is 5.94. The fraction of sp³-hybridized carbons (Fsp3) is 0.500. The van der Waals surface area contributed by atoms with Crippen molar-refractivity contribution in [3.8, 4) is 0 Å². The minimum absolute atomic E-state index is 0.0597. The third kappa shape index (κ3) is 2.18. The second-order valence-corrected chi connectivity index (χ2v) is 4.54. The lowest BCUT2D eigenvalue weighted by molar-refractivity contribution is -0.144. The van der Waals surface area contributed by atoms with E-state index in [1.165, 1.54) is 6.26 Å². The van der Waals surface area contributed by atoms with Crippen molar-refractivity contribution < 1.29 is 19.1 Å². The number of furan rings is 1. The summed E-state index contributed by atoms with van der Waals surface area (Å²) in [4.78, 5) is 24.3. The van der Waals surface area contributed by atoms with E-state index < -0.39 is 11.9 Å². The molecule has 1 fully saturated rings. The summed E-state index contributed by atoms with van der Waals surface area (Å²) in [5.41, 5.74) is 0.531. The van der Waals surface area contributed by atoms with E-state index in [0.29, 0.717) is 24.4 Å². The van der Waals surface area contributed by atoms with Gasteiger partial charge in [-0.25, -0.2) is 0 Å². The van der Waals surface area contributed by atoms with Gasteiger partial charge in [0.05, 0.1) is 11.5 Å². The third-order valence-corrected chi connectivity index (χ3v) is 3.27. The Hall–Kier alpha value is -1.78. The molecule has 92 valence electrons. The van der Waals surface area contributed by atoms with Crippen LogP contribution in [0.15, 0.2) is 16.7 Å². The molecule has 1 saturated heterocycles. The van der Waals surface area contributed by atoms with Crippen molar-refractivity contribution in [1.29, 1.82) is 0 Å². The molecule has 0 saturated carbocycles. The molecule has 1 N–H and O–H groups in total. The standard InChI is InChI=1S/C12H15NO4/c1-7-3-9(6-17-7)11(14)13-4-10(5-13)8(2)12(15)16/h3,6,8,10H,4-5H2,1-2H3,(H,15,16). The first-order valence-electron chi connectivity index (χ1n) is 5.56. The molecular weight excluding hydrogens is 222 g/mol. The lowest BCUT2D eigenvalue weighted by Crippen LogP contribution is -2.53. The van der Waals surface area contributed by atoms with Gasteiger partial charge in [0.1, 0.15) is 12.0 Å². The van der Waals surface area contributed by atoms with Gasteiger partial charge in [0.2, 0.25) is 0 Å². The van der Waals surface area contributed by atoms with E-state index >= 15 is 0 Å². The van der Waals surface area contributed by atoms with Crippen LogP contribution in [0.5, 0.6) is 0 Å². The maximum Gasteiger partial charge on any atom is 0.306 e. The van der Waals surface area contributed by atoms with Crippen molar-refractivity contribution in [2.75, 3.05) is 13.1 Å². The van der Waals surface area contributed by atoms with Gasteiger partial charge in [-0.3, -0.25) is 9.59 Å². The number of carbonyl (C=O) groups is 2. The summed E-state index contributed by atoms with van der Waals surface area (Å²) in [6.07, 6.45) is 1.44. The number of likely N-dealkylation sites (tertiary alicyclic amines) is 1. The molecule has 1 amide bonds. The van der Waals surface area contributed by atoms with Crippen LogP contribution in [-0.2, 0) is 4.79 Å². The van der Waals surface area contributed by atoms with Crippen molar-refractivity contribution >= 4 is 11.9 Å². The van der Waals surface area contributed by atoms with E-state index in [1.54, 1.807) is 24.8 Å². The molecule has 0 aliphatic carbocycles. The second-order valence-electron chi connectivity index (χ2n) is 4.54. The normalized spacial score (nSPS) is 17.6. The van der Waals surface area contributed by atoms with E-state index in [9.17, 15) is 9.59 Å². The van der Waals surface area contributed by atoms with Crippen LogP contribution in [0.25, 0.3) is 0 Å². The van der Waals surface area contributed by atoms with E-state index in [1.807, 2.05) is 0 Å². The number of amides is 1. The molecule has 1 unspecified atom stereocenters. The summed E-state index contributed by atoms with van der Waals surface area (Å²) >= 11 is 0. The fourth-order valence-corrected chi connectivity index (χ4v) is 1.93. The van der Waals surface area contributed by atoms with Gasteiger partial charge in [-0.15, -0.1) is 0 Å². The molecule has 0 radical (unpaired) electrons. The van der Waals surface area contributed by atoms with Gasteiger partial charge < -0.3 is 14.4 Å². The molecule has 0 spiro atoms. The molecule has 1 atom stereocenters. The number of rotatable bonds is 3. The molecule has 5 heteroatoms. The van der Waals surface area contributed by atoms with Crippen LogP contribution < -0.4 is 0 Å². The first kappa shape index (κ1) is 11.7. The number of nitrogens with zero attached hydrogens (tertiary/aromatic N) is 1. The Labute approximate surface area is 99.0 Å². The Morgan fingerprint density at radius 1 is 1.53 bits per heavy atom. The number of carbonyl (C=O) groups excluding carboxylic acids is 1. The average molecular weight is 237 g/mol. The third-order valence-electron chi connectivity index (χ3n) is 3.27. The molecule has 5 nitrogen and oxygen atoms in total. The van der Waals surface area contributed by atoms with Gasteiger partial charge in [-0.05, 0) is 13.0 Å². The maximum absolute atomic E-state index is 11.9. The number of carboxylic acids is 1. The number of aryl methyl sites for hydroxylation is 1. The monoisotopic (exact) mass is 237 g/mol. The van der Waals surface area contributed by atoms with Crippen molar-refractivity contribution in [3.05, 3.63) is 23.7 Å². The number of hydrogen-bond donors (Lipinski definition) is 1. The number of aliphatic carboxylic acids is 1. The summed E-state index contributed by atoms with van der Waals surface area (Å²) in [7, 11) is 0. The SMILES string of the molecule is Cc1cc(C(=O)N2CC(C(C)C(=O)O)C2)co1. The summed E-state index contributed by atoms with van der Waals surface area (Å²) in [6, 6.07) is 1.69. The van der Waals surface area contributed by atoms with Crippen LogP contribution in [0.4, 0.5) is 0 Å². The van der Waals surface area contributed by atoms with E-state index in [2.05, 4.69) is 0 Å². The summed E-state index contributed by atoms with van der Waals surface area (Å²) < 4.78 is 5.08. The van der Waals surface area contributed by atoms with Crippen molar-refractivity contribution in [1.82, 2.24) is 4.90 Å². The highest BCUT2D eigenvalue weighted by Crippen LogP contribution is 2.26. The molecule has 17 heavy (non-hydrogen) atoms. The van der Waals surface area contributed by atoms with E-state index in [4.69, 9.17) is 9.52 Å². The minimum Gasteiger partial charge on any atom is -0.481 e. The fourth-order valence-electron chi connectivity index (χ4n) is 1.93. The maximum atomic E-state index is 11.9. The van der Waals surface area contributed by atoms with Gasteiger partial charge in [0, 0.05) is 19.0 Å². The predicted octanol–water partition coefficient (Wildman–Crippen LogP) is 1.38. The molecule has 1 aliphatic heterocycles. The summed E-state index contributed by atoms with van der Waals surface area (Å²) in [5.74, 6) is -0.532. The number of carboxylic acid groups (broad SMARTS) is 1. The first-order chi connectivity index (χ1) is 7.99. The van der Waals surface area contributed by atoms with Gasteiger partial charge >= 0.3 is 5.97 Å². The van der Waals surface area contributed by atoms with Crippen LogP contribution in [-0.4, -0.2) is 35.0 Å². The van der Waals surface area contributed by atoms with Crippen LogP contribution in [0.3, 0.4) is 0 Å². The first-order valence-corrected chi connectivity index (χ1v) is 5.56. The van der Waals surface area contributed by atoms with Gasteiger partial charge in [-0.2, -0.15) is 0 Å². The van der Waals surface area contributed by atoms with Crippen molar-refractivity contribution in [3.63, 3.8) is 0 Å². The topological polar surface area (TPSA) is 70.8 Å². The molecule has 0 bridgehead atoms. The molecule has 2 heterocycles. The van der Waals surface area contributed by atoms with E-state index in [0.717, 1.165) is 0 Å². The average Bonchev–Trinajstić information content (AvgIpc) is 2.62. The zero-order valence-corrected chi connectivity index (χ0v) is 9.84. The minimum atomic E-state index is -0.804. The predicted molar refractivity (Wildman–Crippen MR) is 59.6 cm³/mol. The van der Waals surface area contributed by atoms with Crippen LogP contribution in [0.2, 0.25) is 0 Å². The Morgan fingerprint density at radius 2 is 2.18 bits per heavy atom. The Balaban J connectivity index is 1.92. The second kappa shape index (κ2) is 4.24. The van der Waals surface area contributed by atoms with Gasteiger partial charge in [0.25, 0.3) is 5.91 Å². The molecule has 0 aromatic carbocycles. The van der Waals surface area contributed by atoms with Crippen molar-refractivity contribution in [2.45, 2.75) is 13.8 Å². The Kier molecular flexibility index (Phi) is 2.92. The zero-order valence-electron chi connectivity index (χ0n) is 9.84.